The highest BCUT2D eigenvalue weighted by Crippen LogP contribution is 2.15. The van der Waals surface area contributed by atoms with Crippen molar-refractivity contribution in [2.45, 2.75) is 39.7 Å². The molecule has 0 aromatic carbocycles. The van der Waals surface area contributed by atoms with Gasteiger partial charge >= 0.3 is 0 Å². The second-order valence-corrected chi connectivity index (χ2v) is 6.08. The first kappa shape index (κ1) is 14.8. The topological polar surface area (TPSA) is 37.8 Å². The van der Waals surface area contributed by atoms with Gasteiger partial charge in [0, 0.05) is 18.5 Å². The van der Waals surface area contributed by atoms with E-state index >= 15 is 0 Å². The van der Waals surface area contributed by atoms with Crippen LogP contribution < -0.4 is 5.32 Å². The van der Waals surface area contributed by atoms with E-state index in [-0.39, 0.29) is 0 Å². The molecule has 0 fully saturated rings. The summed E-state index contributed by atoms with van der Waals surface area (Å²) in [5, 5.41) is 3.42. The predicted molar refractivity (Wildman–Crippen MR) is 79.8 cm³/mol. The smallest absolute Gasteiger partial charge is 0.131 e. The van der Waals surface area contributed by atoms with E-state index < -0.39 is 0 Å². The fourth-order valence-corrected chi connectivity index (χ4v) is 2.66. The lowest BCUT2D eigenvalue weighted by Crippen LogP contribution is -2.17. The molecule has 0 aliphatic carbocycles. The van der Waals surface area contributed by atoms with Crippen molar-refractivity contribution in [3.8, 4) is 0 Å². The quantitative estimate of drug-likeness (QED) is 0.614. The van der Waals surface area contributed by atoms with Gasteiger partial charge in [0.1, 0.15) is 16.2 Å². The number of thioether (sulfide) groups is 1. The molecule has 0 spiro atoms. The zero-order chi connectivity index (χ0) is 12.7. The summed E-state index contributed by atoms with van der Waals surface area (Å²) in [6, 6.07) is 2.38. The van der Waals surface area contributed by atoms with Crippen LogP contribution in [0.3, 0.4) is 0 Å². The molecule has 0 bridgehead atoms. The van der Waals surface area contributed by atoms with Crippen molar-refractivity contribution in [1.29, 1.82) is 0 Å². The molecular weight excluding hydrogens is 298 g/mol. The lowest BCUT2D eigenvalue weighted by Gasteiger charge is -2.14. The highest BCUT2D eigenvalue weighted by molar-refractivity contribution is 9.10. The minimum Gasteiger partial charge on any atom is -0.367 e. The van der Waals surface area contributed by atoms with Crippen LogP contribution in [0.1, 0.15) is 33.0 Å². The lowest BCUT2D eigenvalue weighted by molar-refractivity contribution is 0.761. The van der Waals surface area contributed by atoms with Gasteiger partial charge in [-0.3, -0.25) is 0 Å². The average Bonchev–Trinajstić information content (AvgIpc) is 2.28. The fourth-order valence-electron chi connectivity index (χ4n) is 1.43. The van der Waals surface area contributed by atoms with E-state index in [1.54, 1.807) is 0 Å². The first-order valence-electron chi connectivity index (χ1n) is 6.03. The molecule has 0 aliphatic rings. The summed E-state index contributed by atoms with van der Waals surface area (Å²) in [6.45, 7) is 6.45. The maximum absolute atomic E-state index is 4.46. The number of nitrogens with zero attached hydrogens (tertiary/aromatic N) is 2. The van der Waals surface area contributed by atoms with E-state index in [0.29, 0.717) is 6.04 Å². The summed E-state index contributed by atoms with van der Waals surface area (Å²) in [6.07, 6.45) is 2.01. The molecule has 0 amide bonds. The van der Waals surface area contributed by atoms with Crippen LogP contribution in [0.5, 0.6) is 0 Å². The Morgan fingerprint density at radius 2 is 2.18 bits per heavy atom. The van der Waals surface area contributed by atoms with Gasteiger partial charge in [-0.05, 0) is 40.8 Å². The molecule has 1 aromatic heterocycles. The van der Waals surface area contributed by atoms with Gasteiger partial charge in [-0.1, -0.05) is 13.8 Å². The normalized spacial score (nSPS) is 12.5. The van der Waals surface area contributed by atoms with Crippen LogP contribution in [0.4, 0.5) is 5.82 Å². The molecule has 3 nitrogen and oxygen atoms in total. The molecule has 96 valence electrons. The summed E-state index contributed by atoms with van der Waals surface area (Å²) in [4.78, 5) is 8.76. The second-order valence-electron chi connectivity index (χ2n) is 3.88. The Hall–Kier alpha value is -0.290. The molecule has 17 heavy (non-hydrogen) atoms. The third-order valence-electron chi connectivity index (χ3n) is 2.35. The van der Waals surface area contributed by atoms with Crippen LogP contribution in [-0.2, 0) is 6.42 Å². The summed E-state index contributed by atoms with van der Waals surface area (Å²) >= 11 is 5.39. The Labute approximate surface area is 116 Å². The van der Waals surface area contributed by atoms with E-state index in [2.05, 4.69) is 52.0 Å². The first-order valence-corrected chi connectivity index (χ1v) is 7.98. The number of aromatic nitrogens is 2. The van der Waals surface area contributed by atoms with Gasteiger partial charge in [0.05, 0.1) is 0 Å². The number of aryl methyl sites for hydroxylation is 1. The van der Waals surface area contributed by atoms with Gasteiger partial charge in [0.25, 0.3) is 0 Å². The molecule has 0 aliphatic heterocycles. The molecule has 0 saturated heterocycles. The van der Waals surface area contributed by atoms with Crippen LogP contribution in [0.25, 0.3) is 0 Å². The summed E-state index contributed by atoms with van der Waals surface area (Å²) in [5.41, 5.74) is 0. The van der Waals surface area contributed by atoms with E-state index in [4.69, 9.17) is 0 Å². The molecule has 1 atom stereocenters. The minimum atomic E-state index is 0.445. The Balaban J connectivity index is 2.52. The Morgan fingerprint density at radius 3 is 2.82 bits per heavy atom. The average molecular weight is 318 g/mol. The number of nitrogens with one attached hydrogen (secondary N) is 1. The van der Waals surface area contributed by atoms with Gasteiger partial charge in [0.15, 0.2) is 0 Å². The highest BCUT2D eigenvalue weighted by Gasteiger charge is 2.05. The molecule has 0 saturated carbocycles. The van der Waals surface area contributed by atoms with Crippen LogP contribution in [0, 0.1) is 0 Å². The monoisotopic (exact) mass is 317 g/mol. The van der Waals surface area contributed by atoms with Crippen LogP contribution in [0.2, 0.25) is 0 Å². The third-order valence-corrected chi connectivity index (χ3v) is 3.69. The van der Waals surface area contributed by atoms with Crippen molar-refractivity contribution in [3.63, 3.8) is 0 Å². The largest absolute Gasteiger partial charge is 0.367 e. The summed E-state index contributed by atoms with van der Waals surface area (Å²) in [5.74, 6) is 4.17. The number of hydrogen-bond acceptors (Lipinski definition) is 4. The fraction of sp³-hybridized carbons (Fsp3) is 0.667. The molecule has 1 aromatic rings. The first-order chi connectivity index (χ1) is 8.15. The molecular formula is C12H20BrN3S. The van der Waals surface area contributed by atoms with E-state index in [1.807, 2.05) is 17.8 Å². The Bertz CT molecular complexity index is 347. The van der Waals surface area contributed by atoms with Crippen molar-refractivity contribution in [2.24, 2.45) is 0 Å². The SMILES string of the molecule is CCSCCC(C)Nc1cc(Br)nc(CC)n1. The van der Waals surface area contributed by atoms with Crippen molar-refractivity contribution >= 4 is 33.5 Å². The van der Waals surface area contributed by atoms with Crippen LogP contribution in [-0.4, -0.2) is 27.5 Å². The summed E-state index contributed by atoms with van der Waals surface area (Å²) in [7, 11) is 0. The van der Waals surface area contributed by atoms with Crippen molar-refractivity contribution in [2.75, 3.05) is 16.8 Å². The lowest BCUT2D eigenvalue weighted by atomic mass is 10.2. The molecule has 1 heterocycles. The number of anilines is 1. The highest BCUT2D eigenvalue weighted by atomic mass is 79.9. The van der Waals surface area contributed by atoms with Crippen LogP contribution >= 0.6 is 27.7 Å². The number of rotatable bonds is 7. The Morgan fingerprint density at radius 1 is 1.41 bits per heavy atom. The van der Waals surface area contributed by atoms with Crippen molar-refractivity contribution < 1.29 is 0 Å². The van der Waals surface area contributed by atoms with E-state index in [9.17, 15) is 0 Å². The standard InChI is InChI=1S/C12H20BrN3S/c1-4-11-15-10(13)8-12(16-11)14-9(3)6-7-17-5-2/h8-9H,4-7H2,1-3H3,(H,14,15,16). The van der Waals surface area contributed by atoms with Gasteiger partial charge in [-0.2, -0.15) is 11.8 Å². The number of halogens is 1. The van der Waals surface area contributed by atoms with Crippen LogP contribution in [0.15, 0.2) is 10.7 Å². The zero-order valence-electron chi connectivity index (χ0n) is 10.7. The molecule has 1 rings (SSSR count). The number of hydrogen-bond donors (Lipinski definition) is 1. The van der Waals surface area contributed by atoms with Gasteiger partial charge < -0.3 is 5.32 Å². The van der Waals surface area contributed by atoms with Gasteiger partial charge in [0.2, 0.25) is 0 Å². The zero-order valence-corrected chi connectivity index (χ0v) is 13.1. The van der Waals surface area contributed by atoms with Crippen molar-refractivity contribution in [1.82, 2.24) is 9.97 Å². The molecule has 5 heteroatoms. The molecule has 1 unspecified atom stereocenters. The van der Waals surface area contributed by atoms with Gasteiger partial charge in [-0.25, -0.2) is 9.97 Å². The second kappa shape index (κ2) is 7.93. The minimum absolute atomic E-state index is 0.445. The summed E-state index contributed by atoms with van der Waals surface area (Å²) < 4.78 is 0.849. The third kappa shape index (κ3) is 5.73. The maximum Gasteiger partial charge on any atom is 0.131 e. The predicted octanol–water partition coefficient (Wildman–Crippen LogP) is 3.75. The molecule has 0 radical (unpaired) electrons. The van der Waals surface area contributed by atoms with E-state index in [0.717, 1.165) is 29.1 Å². The van der Waals surface area contributed by atoms with E-state index in [1.165, 1.54) is 11.5 Å². The Kier molecular flexibility index (Phi) is 6.89. The molecule has 1 N–H and O–H groups in total. The van der Waals surface area contributed by atoms with Gasteiger partial charge in [-0.15, -0.1) is 0 Å². The maximum atomic E-state index is 4.46. The van der Waals surface area contributed by atoms with Crippen molar-refractivity contribution in [3.05, 3.63) is 16.5 Å².